The Morgan fingerprint density at radius 3 is 2.94 bits per heavy atom. The van der Waals surface area contributed by atoms with Crippen LogP contribution in [0.3, 0.4) is 0 Å². The van der Waals surface area contributed by atoms with E-state index in [0.29, 0.717) is 23.8 Å². The molecule has 2 rings (SSSR count). The number of nitro benzene ring substituents is 1. The Balaban J connectivity index is 2.51. The van der Waals surface area contributed by atoms with Gasteiger partial charge in [-0.25, -0.2) is 0 Å². The summed E-state index contributed by atoms with van der Waals surface area (Å²) in [6, 6.07) is 4.85. The molecule has 0 aromatic heterocycles. The van der Waals surface area contributed by atoms with Gasteiger partial charge in [0.1, 0.15) is 4.99 Å². The molecule has 1 aliphatic rings. The molecule has 0 aliphatic carbocycles. The molecule has 0 radical (unpaired) electrons. The smallest absolute Gasteiger partial charge is 0.275 e. The average Bonchev–Trinajstić information content (AvgIpc) is 2.28. The summed E-state index contributed by atoms with van der Waals surface area (Å²) in [5, 5.41) is 14.2. The second kappa shape index (κ2) is 4.91. The van der Waals surface area contributed by atoms with E-state index in [4.69, 9.17) is 17.0 Å². The van der Waals surface area contributed by atoms with Gasteiger partial charge >= 0.3 is 0 Å². The predicted octanol–water partition coefficient (Wildman–Crippen LogP) is 2.52. The first-order chi connectivity index (χ1) is 8.42. The van der Waals surface area contributed by atoms with E-state index < -0.39 is 10.5 Å². The lowest BCUT2D eigenvalue weighted by atomic mass is 9.90. The molecular weight excluding hydrogens is 320 g/mol. The maximum atomic E-state index is 11.1. The summed E-state index contributed by atoms with van der Waals surface area (Å²) in [7, 11) is 0. The zero-order valence-corrected chi connectivity index (χ0v) is 12.0. The lowest BCUT2D eigenvalue weighted by Gasteiger charge is -2.35. The first kappa shape index (κ1) is 13.4. The van der Waals surface area contributed by atoms with Gasteiger partial charge in [0.05, 0.1) is 29.2 Å². The Hall–Kier alpha value is -1.05. The minimum absolute atomic E-state index is 0.0569. The van der Waals surface area contributed by atoms with Crippen molar-refractivity contribution in [2.75, 3.05) is 13.2 Å². The Bertz CT molecular complexity index is 523. The number of hydrogen-bond donors (Lipinski definition) is 1. The number of nitro groups is 1. The van der Waals surface area contributed by atoms with Crippen molar-refractivity contribution in [2.45, 2.75) is 12.5 Å². The second-order valence-corrected chi connectivity index (χ2v) is 5.70. The summed E-state index contributed by atoms with van der Waals surface area (Å²) in [5.41, 5.74) is -0.0629. The van der Waals surface area contributed by atoms with Gasteiger partial charge < -0.3 is 10.1 Å². The van der Waals surface area contributed by atoms with E-state index in [1.165, 1.54) is 6.07 Å². The molecule has 1 aliphatic heterocycles. The van der Waals surface area contributed by atoms with Crippen LogP contribution >= 0.6 is 28.1 Å². The van der Waals surface area contributed by atoms with Gasteiger partial charge in [-0.15, -0.1) is 0 Å². The highest BCUT2D eigenvalue weighted by Crippen LogP contribution is 2.33. The van der Waals surface area contributed by atoms with E-state index in [-0.39, 0.29) is 5.69 Å². The fraction of sp³-hybridized carbons (Fsp3) is 0.364. The molecule has 18 heavy (non-hydrogen) atoms. The van der Waals surface area contributed by atoms with Gasteiger partial charge in [0.25, 0.3) is 5.69 Å². The normalized spacial score (nSPS) is 23.6. The maximum absolute atomic E-state index is 11.1. The van der Waals surface area contributed by atoms with Gasteiger partial charge in [-0.3, -0.25) is 10.1 Å². The van der Waals surface area contributed by atoms with Crippen molar-refractivity contribution >= 4 is 38.8 Å². The van der Waals surface area contributed by atoms with Gasteiger partial charge in [0, 0.05) is 10.5 Å². The zero-order valence-electron chi connectivity index (χ0n) is 9.60. The van der Waals surface area contributed by atoms with Crippen molar-refractivity contribution < 1.29 is 9.66 Å². The summed E-state index contributed by atoms with van der Waals surface area (Å²) in [6.45, 7) is 2.53. The molecule has 0 saturated carbocycles. The molecule has 0 spiro atoms. The van der Waals surface area contributed by atoms with Crippen LogP contribution < -0.4 is 5.32 Å². The molecule has 1 N–H and O–H groups in total. The van der Waals surface area contributed by atoms with Crippen molar-refractivity contribution in [2.24, 2.45) is 0 Å². The molecule has 1 atom stereocenters. The summed E-state index contributed by atoms with van der Waals surface area (Å²) in [6.07, 6.45) is 0. The average molecular weight is 331 g/mol. The molecule has 96 valence electrons. The van der Waals surface area contributed by atoms with Crippen molar-refractivity contribution in [1.82, 2.24) is 5.32 Å². The lowest BCUT2D eigenvalue weighted by molar-refractivity contribution is -0.386. The van der Waals surface area contributed by atoms with Crippen LogP contribution in [0.25, 0.3) is 0 Å². The van der Waals surface area contributed by atoms with Crippen LogP contribution in [0.15, 0.2) is 22.7 Å². The zero-order chi connectivity index (χ0) is 13.3. The molecular formula is C11H11BrN2O3S. The highest BCUT2D eigenvalue weighted by molar-refractivity contribution is 9.10. The van der Waals surface area contributed by atoms with Gasteiger partial charge in [0.15, 0.2) is 0 Å². The van der Waals surface area contributed by atoms with E-state index in [0.717, 1.165) is 4.47 Å². The van der Waals surface area contributed by atoms with Gasteiger partial charge in [0.2, 0.25) is 0 Å². The largest absolute Gasteiger partial charge is 0.372 e. The number of benzene rings is 1. The van der Waals surface area contributed by atoms with Crippen molar-refractivity contribution in [1.29, 1.82) is 0 Å². The second-order valence-electron chi connectivity index (χ2n) is 4.29. The van der Waals surface area contributed by atoms with Crippen LogP contribution in [-0.2, 0) is 10.3 Å². The number of ether oxygens (including phenoxy) is 1. The highest BCUT2D eigenvalue weighted by atomic mass is 79.9. The predicted molar refractivity (Wildman–Crippen MR) is 74.7 cm³/mol. The van der Waals surface area contributed by atoms with Crippen LogP contribution in [0.1, 0.15) is 12.5 Å². The van der Waals surface area contributed by atoms with Crippen molar-refractivity contribution in [3.05, 3.63) is 38.3 Å². The number of nitrogens with one attached hydrogen (secondary N) is 1. The number of thiocarbonyl (C=S) groups is 1. The fourth-order valence-corrected chi connectivity index (χ4v) is 2.65. The Labute approximate surface area is 118 Å². The third-order valence-corrected chi connectivity index (χ3v) is 3.50. The van der Waals surface area contributed by atoms with Crippen LogP contribution in [0, 0.1) is 10.1 Å². The molecule has 7 heteroatoms. The number of rotatable bonds is 2. The van der Waals surface area contributed by atoms with E-state index in [1.807, 2.05) is 6.92 Å². The summed E-state index contributed by atoms with van der Waals surface area (Å²) in [5.74, 6) is 0. The third-order valence-electron chi connectivity index (χ3n) is 2.79. The maximum Gasteiger partial charge on any atom is 0.275 e. The molecule has 1 unspecified atom stereocenters. The quantitative estimate of drug-likeness (QED) is 0.512. The Kier molecular flexibility index (Phi) is 3.65. The minimum Gasteiger partial charge on any atom is -0.372 e. The molecule has 1 aromatic rings. The molecule has 1 saturated heterocycles. The first-order valence-corrected chi connectivity index (χ1v) is 6.46. The van der Waals surface area contributed by atoms with E-state index >= 15 is 0 Å². The van der Waals surface area contributed by atoms with Crippen LogP contribution in [0.4, 0.5) is 5.69 Å². The third kappa shape index (κ3) is 2.52. The van der Waals surface area contributed by atoms with Gasteiger partial charge in [-0.2, -0.15) is 0 Å². The minimum atomic E-state index is -0.679. The van der Waals surface area contributed by atoms with Crippen LogP contribution in [0.2, 0.25) is 0 Å². The van der Waals surface area contributed by atoms with Crippen LogP contribution in [0.5, 0.6) is 0 Å². The molecule has 0 bridgehead atoms. The highest BCUT2D eigenvalue weighted by Gasteiger charge is 2.36. The SMILES string of the molecule is CC1(c2cc(Br)ccc2[N+](=O)[O-])COCC(=S)N1. The van der Waals surface area contributed by atoms with E-state index in [9.17, 15) is 10.1 Å². The first-order valence-electron chi connectivity index (χ1n) is 5.25. The Morgan fingerprint density at radius 2 is 2.33 bits per heavy atom. The standard InChI is InChI=1S/C11H11BrN2O3S/c1-11(6-17-5-10(18)13-11)8-4-7(12)2-3-9(8)14(15)16/h2-4H,5-6H2,1H3,(H,13,18). The van der Waals surface area contributed by atoms with Gasteiger partial charge in [-0.05, 0) is 19.1 Å². The molecule has 1 heterocycles. The lowest BCUT2D eigenvalue weighted by Crippen LogP contribution is -2.52. The molecule has 0 amide bonds. The number of hydrogen-bond acceptors (Lipinski definition) is 4. The van der Waals surface area contributed by atoms with E-state index in [1.54, 1.807) is 12.1 Å². The summed E-state index contributed by atoms with van der Waals surface area (Å²) >= 11 is 8.41. The van der Waals surface area contributed by atoms with Crippen LogP contribution in [-0.4, -0.2) is 23.1 Å². The van der Waals surface area contributed by atoms with Crippen molar-refractivity contribution in [3.8, 4) is 0 Å². The number of halogens is 1. The van der Waals surface area contributed by atoms with Crippen molar-refractivity contribution in [3.63, 3.8) is 0 Å². The number of morpholine rings is 1. The Morgan fingerprint density at radius 1 is 1.61 bits per heavy atom. The summed E-state index contributed by atoms with van der Waals surface area (Å²) in [4.78, 5) is 11.2. The molecule has 1 aromatic carbocycles. The summed E-state index contributed by atoms with van der Waals surface area (Å²) < 4.78 is 6.16. The monoisotopic (exact) mass is 330 g/mol. The van der Waals surface area contributed by atoms with Gasteiger partial charge in [-0.1, -0.05) is 28.1 Å². The van der Waals surface area contributed by atoms with E-state index in [2.05, 4.69) is 21.2 Å². The number of nitrogens with zero attached hydrogens (tertiary/aromatic N) is 1. The fourth-order valence-electron chi connectivity index (χ4n) is 1.98. The molecule has 1 fully saturated rings. The topological polar surface area (TPSA) is 64.4 Å². The molecule has 5 nitrogen and oxygen atoms in total.